The van der Waals surface area contributed by atoms with Crippen LogP contribution in [0.15, 0.2) is 39.8 Å². The van der Waals surface area contributed by atoms with Crippen LogP contribution in [0, 0.1) is 0 Å². The van der Waals surface area contributed by atoms with E-state index in [0.717, 1.165) is 16.6 Å². The third-order valence-electron chi connectivity index (χ3n) is 4.09. The second kappa shape index (κ2) is 8.87. The van der Waals surface area contributed by atoms with E-state index >= 15 is 0 Å². The number of sulfone groups is 1. The van der Waals surface area contributed by atoms with Gasteiger partial charge in [-0.3, -0.25) is 9.59 Å². The van der Waals surface area contributed by atoms with Crippen molar-refractivity contribution in [3.8, 4) is 0 Å². The number of carbonyl (C=O) groups excluding carboxylic acids is 2. The number of rotatable bonds is 7. The molecule has 0 aromatic heterocycles. The maximum atomic E-state index is 13.0. The first-order valence-corrected chi connectivity index (χ1v) is 11.9. The van der Waals surface area contributed by atoms with Crippen molar-refractivity contribution in [1.29, 1.82) is 0 Å². The Morgan fingerprint density at radius 3 is 2.68 bits per heavy atom. The van der Waals surface area contributed by atoms with Crippen molar-refractivity contribution in [3.05, 3.63) is 39.8 Å². The summed E-state index contributed by atoms with van der Waals surface area (Å²) in [6.07, 6.45) is 6.69. The quantitative estimate of drug-likeness (QED) is 0.445. The summed E-state index contributed by atoms with van der Waals surface area (Å²) in [7, 11) is -7.60. The van der Waals surface area contributed by atoms with Gasteiger partial charge in [0.2, 0.25) is 15.9 Å². The third kappa shape index (κ3) is 5.20. The summed E-state index contributed by atoms with van der Waals surface area (Å²) in [5.74, 6) is -1.20. The number of carbonyl (C=O) groups is 2. The molecule has 0 bridgehead atoms. The Kier molecular flexibility index (Phi) is 7.00. The molecule has 1 N–H and O–H groups in total. The molecule has 1 fully saturated rings. The van der Waals surface area contributed by atoms with Crippen LogP contribution in [-0.2, 0) is 34.2 Å². The summed E-state index contributed by atoms with van der Waals surface area (Å²) >= 11 is 0. The highest BCUT2D eigenvalue weighted by Crippen LogP contribution is 2.27. The number of nitrogens with zero attached hydrogens (tertiary/aromatic N) is 1. The molecule has 0 spiro atoms. The van der Waals surface area contributed by atoms with E-state index in [0.29, 0.717) is 12.8 Å². The van der Waals surface area contributed by atoms with Gasteiger partial charge in [0, 0.05) is 18.9 Å². The molecule has 154 valence electrons. The summed E-state index contributed by atoms with van der Waals surface area (Å²) in [6, 6.07) is -0.959. The molecule has 1 saturated heterocycles. The number of sulfonamides is 1. The molecule has 1 aliphatic heterocycles. The maximum Gasteiger partial charge on any atom is 0.325 e. The van der Waals surface area contributed by atoms with Gasteiger partial charge < -0.3 is 10.1 Å². The van der Waals surface area contributed by atoms with Crippen LogP contribution in [-0.4, -0.2) is 65.0 Å². The van der Waals surface area contributed by atoms with Gasteiger partial charge in [-0.15, -0.1) is 0 Å². The second-order valence-electron chi connectivity index (χ2n) is 6.15. The van der Waals surface area contributed by atoms with Crippen molar-refractivity contribution in [2.75, 3.05) is 26.0 Å². The number of ether oxygens (including phenoxy) is 1. The van der Waals surface area contributed by atoms with E-state index in [2.05, 4.69) is 11.0 Å². The molecular formula is C17H22N2O7S2. The number of nitrogens with one attached hydrogen (secondary N) is 1. The zero-order valence-electron chi connectivity index (χ0n) is 15.5. The minimum Gasteiger partial charge on any atom is -0.465 e. The molecule has 1 atom stereocenters. The number of hydrogen-bond donors (Lipinski definition) is 1. The topological polar surface area (TPSA) is 127 Å². The molecular weight excluding hydrogens is 408 g/mol. The normalized spacial score (nSPS) is 20.3. The second-order valence-corrected chi connectivity index (χ2v) is 10.0. The lowest BCUT2D eigenvalue weighted by Crippen LogP contribution is -2.47. The maximum absolute atomic E-state index is 13.0. The van der Waals surface area contributed by atoms with Crippen LogP contribution in [0.25, 0.3) is 0 Å². The Bertz CT molecular complexity index is 985. The Hall–Kier alpha value is -2.20. The zero-order chi connectivity index (χ0) is 20.9. The molecule has 1 aliphatic carbocycles. The molecule has 0 aromatic carbocycles. The number of hydrogen-bond acceptors (Lipinski definition) is 7. The van der Waals surface area contributed by atoms with Crippen molar-refractivity contribution >= 4 is 31.7 Å². The van der Waals surface area contributed by atoms with Gasteiger partial charge in [-0.1, -0.05) is 11.8 Å². The lowest BCUT2D eigenvalue weighted by Gasteiger charge is -2.23. The minimum absolute atomic E-state index is 0.136. The molecule has 0 aromatic rings. The molecule has 9 nitrogen and oxygen atoms in total. The summed E-state index contributed by atoms with van der Waals surface area (Å²) in [5, 5.41) is 2.39. The Balaban J connectivity index is 2.22. The van der Waals surface area contributed by atoms with Gasteiger partial charge in [-0.2, -0.15) is 4.31 Å². The van der Waals surface area contributed by atoms with Crippen molar-refractivity contribution < 1.29 is 31.2 Å². The van der Waals surface area contributed by atoms with E-state index in [1.807, 2.05) is 0 Å². The average Bonchev–Trinajstić information content (AvgIpc) is 2.96. The van der Waals surface area contributed by atoms with Crippen LogP contribution in [0.3, 0.4) is 0 Å². The highest BCUT2D eigenvalue weighted by Gasteiger charge is 2.40. The average molecular weight is 431 g/mol. The Morgan fingerprint density at radius 2 is 2.04 bits per heavy atom. The van der Waals surface area contributed by atoms with E-state index in [9.17, 15) is 26.4 Å². The first-order chi connectivity index (χ1) is 13.1. The van der Waals surface area contributed by atoms with Crippen LogP contribution in [0.2, 0.25) is 0 Å². The van der Waals surface area contributed by atoms with Gasteiger partial charge in [0.05, 0.1) is 11.5 Å². The molecule has 1 unspecified atom stereocenters. The van der Waals surface area contributed by atoms with Gasteiger partial charge in [0.1, 0.15) is 17.5 Å². The third-order valence-corrected chi connectivity index (χ3v) is 7.05. The fourth-order valence-electron chi connectivity index (χ4n) is 2.77. The van der Waals surface area contributed by atoms with E-state index < -0.39 is 37.8 Å². The summed E-state index contributed by atoms with van der Waals surface area (Å²) < 4.78 is 55.0. The van der Waals surface area contributed by atoms with Crippen LogP contribution < -0.4 is 5.32 Å². The largest absolute Gasteiger partial charge is 0.465 e. The van der Waals surface area contributed by atoms with Gasteiger partial charge in [-0.05, 0) is 31.9 Å². The molecule has 1 heterocycles. The molecule has 11 heteroatoms. The fourth-order valence-corrected chi connectivity index (χ4v) is 5.01. The van der Waals surface area contributed by atoms with Crippen molar-refractivity contribution in [2.24, 2.45) is 0 Å². The molecule has 2 rings (SSSR count). The monoisotopic (exact) mass is 430 g/mol. The van der Waals surface area contributed by atoms with Gasteiger partial charge in [-0.25, -0.2) is 16.8 Å². The highest BCUT2D eigenvalue weighted by atomic mass is 32.2. The smallest absolute Gasteiger partial charge is 0.325 e. The minimum atomic E-state index is -4.06. The van der Waals surface area contributed by atoms with Crippen molar-refractivity contribution in [2.45, 2.75) is 25.8 Å². The van der Waals surface area contributed by atoms with Crippen molar-refractivity contribution in [3.63, 3.8) is 0 Å². The van der Waals surface area contributed by atoms with Crippen LogP contribution in [0.1, 0.15) is 19.8 Å². The van der Waals surface area contributed by atoms with Gasteiger partial charge >= 0.3 is 5.97 Å². The Labute approximate surface area is 164 Å². The molecule has 0 saturated carbocycles. The standard InChI is InChI=1S/C17H22N2O7S2/c1-3-26-16(20)12-18-17(21)15-8-5-11-19(15)28(24,25)14-7-4-6-13(9-10-14)27(2,22)23/h4,6-7,10,15H,3,5,8,11-12H2,1-2H3,(H,18,21). The van der Waals surface area contributed by atoms with E-state index in [-0.39, 0.29) is 29.5 Å². The summed E-state index contributed by atoms with van der Waals surface area (Å²) in [5.41, 5.74) is 2.48. The van der Waals surface area contributed by atoms with E-state index in [1.54, 1.807) is 6.92 Å². The molecule has 0 radical (unpaired) electrons. The molecule has 2 aliphatic rings. The lowest BCUT2D eigenvalue weighted by molar-refractivity contribution is -0.143. The first kappa shape index (κ1) is 22.1. The Morgan fingerprint density at radius 1 is 1.32 bits per heavy atom. The van der Waals surface area contributed by atoms with E-state index in [1.165, 1.54) is 18.2 Å². The summed E-state index contributed by atoms with van der Waals surface area (Å²) in [6.45, 7) is 1.60. The predicted molar refractivity (Wildman–Crippen MR) is 102 cm³/mol. The van der Waals surface area contributed by atoms with Gasteiger partial charge in [0.25, 0.3) is 0 Å². The zero-order valence-corrected chi connectivity index (χ0v) is 17.2. The lowest BCUT2D eigenvalue weighted by atomic mass is 10.2. The predicted octanol–water partition coefficient (Wildman–Crippen LogP) is -0.00280. The number of esters is 1. The first-order valence-electron chi connectivity index (χ1n) is 8.57. The fraction of sp³-hybridized carbons (Fsp3) is 0.471. The van der Waals surface area contributed by atoms with Crippen LogP contribution in [0.4, 0.5) is 0 Å². The highest BCUT2D eigenvalue weighted by molar-refractivity contribution is 7.94. The van der Waals surface area contributed by atoms with E-state index in [4.69, 9.17) is 4.74 Å². The number of allylic oxidation sites excluding steroid dienone is 3. The summed E-state index contributed by atoms with van der Waals surface area (Å²) in [4.78, 5) is 23.5. The number of amides is 1. The van der Waals surface area contributed by atoms with Crippen LogP contribution >= 0.6 is 0 Å². The van der Waals surface area contributed by atoms with Crippen molar-refractivity contribution in [1.82, 2.24) is 9.62 Å². The van der Waals surface area contributed by atoms with Crippen LogP contribution in [0.5, 0.6) is 0 Å². The van der Waals surface area contributed by atoms with Gasteiger partial charge in [0.15, 0.2) is 9.84 Å². The molecule has 1 amide bonds. The SMILES string of the molecule is CCOC(=O)CNC(=O)C1CCCN1S(=O)(=O)C1=CC=CC(S(C)(=O)=O)=C=C1. The molecule has 28 heavy (non-hydrogen) atoms.